The van der Waals surface area contributed by atoms with Gasteiger partial charge >= 0.3 is 0 Å². The van der Waals surface area contributed by atoms with Crippen LogP contribution in [0.2, 0.25) is 5.02 Å². The number of halogens is 7. The van der Waals surface area contributed by atoms with E-state index in [4.69, 9.17) is 16.1 Å². The minimum atomic E-state index is -2.72. The zero-order valence-corrected chi connectivity index (χ0v) is 34.8. The van der Waals surface area contributed by atoms with Crippen LogP contribution in [0.4, 0.5) is 26.3 Å². The first kappa shape index (κ1) is 46.2. The van der Waals surface area contributed by atoms with Crippen LogP contribution in [0.3, 0.4) is 0 Å². The average Bonchev–Trinajstić information content (AvgIpc) is 3.57. The monoisotopic (exact) mass is 853 g/mol. The molecule has 5 unspecified atom stereocenters. The molecule has 3 aromatic heterocycles. The number of nitrogens with one attached hydrogen (secondary N) is 3. The molecule has 58 heavy (non-hydrogen) atoms. The predicted octanol–water partition coefficient (Wildman–Crippen LogP) is 10.4. The second kappa shape index (κ2) is 20.4. The number of rotatable bonds is 12. The highest BCUT2D eigenvalue weighted by atomic mass is 35.5. The lowest BCUT2D eigenvalue weighted by molar-refractivity contribution is -0.110. The Labute approximate surface area is 339 Å². The van der Waals surface area contributed by atoms with Crippen molar-refractivity contribution in [2.24, 2.45) is 5.92 Å². The summed E-state index contributed by atoms with van der Waals surface area (Å²) in [6.07, 6.45) is 1.08. The number of H-pyrrole nitrogens is 1. The minimum absolute atomic E-state index is 0.0547. The fourth-order valence-corrected chi connectivity index (χ4v) is 7.53. The van der Waals surface area contributed by atoms with E-state index in [-0.39, 0.29) is 46.4 Å². The maximum absolute atomic E-state index is 14.5. The van der Waals surface area contributed by atoms with E-state index < -0.39 is 56.6 Å². The third-order valence-corrected chi connectivity index (χ3v) is 10.7. The van der Waals surface area contributed by atoms with Crippen molar-refractivity contribution in [2.45, 2.75) is 84.5 Å². The van der Waals surface area contributed by atoms with Crippen LogP contribution in [0.25, 0.3) is 22.2 Å². The summed E-state index contributed by atoms with van der Waals surface area (Å²) < 4.78 is 87.2. The SMILES string of the molecule is CC.CCC.CCn1nc(C(F)F)c2c1C(F)(CF)C1CC21.COP(C)NC(=O)c1cc(-c2cc3[nH]ncc3nc2C(Cc2cc(F)cc(F)c2)NC=O)ccc1Cl. The Morgan fingerprint density at radius 2 is 1.79 bits per heavy atom. The first-order chi connectivity index (χ1) is 27.7. The molecule has 0 aliphatic heterocycles. The van der Waals surface area contributed by atoms with E-state index in [1.165, 1.54) is 36.5 Å². The maximum atomic E-state index is 14.5. The molecule has 2 aliphatic rings. The summed E-state index contributed by atoms with van der Waals surface area (Å²) in [6.45, 7) is 10.8. The van der Waals surface area contributed by atoms with E-state index in [1.807, 2.05) is 13.8 Å². The van der Waals surface area contributed by atoms with Crippen molar-refractivity contribution in [1.82, 2.24) is 35.4 Å². The first-order valence-corrected chi connectivity index (χ1v) is 20.8. The van der Waals surface area contributed by atoms with Crippen molar-refractivity contribution in [1.29, 1.82) is 0 Å². The summed E-state index contributed by atoms with van der Waals surface area (Å²) in [7, 11) is 0.308. The molecule has 3 N–H and O–H groups in total. The average molecular weight is 854 g/mol. The number of carbonyl (C=O) groups excluding carboxylic acids is 2. The van der Waals surface area contributed by atoms with Gasteiger partial charge in [-0.05, 0) is 73.8 Å². The van der Waals surface area contributed by atoms with Crippen molar-refractivity contribution in [3.8, 4) is 11.1 Å². The Morgan fingerprint density at radius 1 is 1.12 bits per heavy atom. The quantitative estimate of drug-likeness (QED) is 0.0652. The lowest BCUT2D eigenvalue weighted by Crippen LogP contribution is -2.27. The number of alkyl halides is 4. The van der Waals surface area contributed by atoms with E-state index in [0.29, 0.717) is 46.2 Å². The Hall–Kier alpha value is -4.53. The highest BCUT2D eigenvalue weighted by Gasteiger charge is 2.66. The Balaban J connectivity index is 0.000000279. The van der Waals surface area contributed by atoms with Crippen molar-refractivity contribution in [2.75, 3.05) is 20.4 Å². The molecule has 5 aromatic rings. The number of amides is 2. The number of hydrogen-bond acceptors (Lipinski definition) is 6. The number of aromatic nitrogens is 5. The van der Waals surface area contributed by atoms with Gasteiger partial charge in [0.05, 0.1) is 39.7 Å². The lowest BCUT2D eigenvalue weighted by Gasteiger charge is -2.20. The Bertz CT molecular complexity index is 2170. The second-order valence-electron chi connectivity index (χ2n) is 13.3. The summed E-state index contributed by atoms with van der Waals surface area (Å²) in [5.41, 5.74) is 1.15. The molecular weight excluding hydrogens is 807 g/mol. The Kier molecular flexibility index (Phi) is 16.3. The van der Waals surface area contributed by atoms with Gasteiger partial charge in [0.1, 0.15) is 37.8 Å². The van der Waals surface area contributed by atoms with Crippen molar-refractivity contribution >= 4 is 43.3 Å². The van der Waals surface area contributed by atoms with Crippen LogP contribution in [-0.4, -0.2) is 57.7 Å². The number of fused-ring (bicyclic) bond motifs is 4. The molecule has 10 nitrogen and oxygen atoms in total. The summed E-state index contributed by atoms with van der Waals surface area (Å²) in [5, 5.41) is 16.3. The minimum Gasteiger partial charge on any atom is -0.350 e. The van der Waals surface area contributed by atoms with Gasteiger partial charge in [0.25, 0.3) is 12.3 Å². The molecule has 1 saturated carbocycles. The lowest BCUT2D eigenvalue weighted by atomic mass is 9.94. The largest absolute Gasteiger partial charge is 0.350 e. The van der Waals surface area contributed by atoms with Crippen molar-refractivity contribution in [3.63, 3.8) is 0 Å². The van der Waals surface area contributed by atoms with Gasteiger partial charge in [0.2, 0.25) is 6.41 Å². The van der Waals surface area contributed by atoms with E-state index >= 15 is 0 Å². The second-order valence-corrected chi connectivity index (χ2v) is 15.3. The van der Waals surface area contributed by atoms with Crippen LogP contribution in [-0.2, 0) is 28.0 Å². The topological polar surface area (TPSA) is 127 Å². The van der Waals surface area contributed by atoms with Crippen LogP contribution in [0, 0.1) is 17.6 Å². The molecule has 5 atom stereocenters. The van der Waals surface area contributed by atoms with Gasteiger partial charge in [0, 0.05) is 36.8 Å². The molecule has 0 saturated heterocycles. The number of carbonyl (C=O) groups is 2. The van der Waals surface area contributed by atoms with E-state index in [1.54, 1.807) is 37.9 Å². The molecule has 0 spiro atoms. The molecule has 2 amide bonds. The third-order valence-electron chi connectivity index (χ3n) is 9.33. The molecule has 0 radical (unpaired) electrons. The number of pyridine rings is 1. The first-order valence-electron chi connectivity index (χ1n) is 18.8. The van der Waals surface area contributed by atoms with Crippen LogP contribution < -0.4 is 10.4 Å². The predicted molar refractivity (Wildman–Crippen MR) is 213 cm³/mol. The fourth-order valence-electron chi connectivity index (χ4n) is 6.83. The summed E-state index contributed by atoms with van der Waals surface area (Å²) in [4.78, 5) is 29.0. The molecule has 1 fully saturated rings. The van der Waals surface area contributed by atoms with Crippen molar-refractivity contribution < 1.29 is 40.5 Å². The molecule has 314 valence electrons. The zero-order valence-electron chi connectivity index (χ0n) is 33.1. The number of nitrogens with zero attached hydrogens (tertiary/aromatic N) is 4. The highest BCUT2D eigenvalue weighted by Crippen LogP contribution is 2.67. The van der Waals surface area contributed by atoms with Crippen molar-refractivity contribution in [3.05, 3.63) is 99.1 Å². The van der Waals surface area contributed by atoms with Crippen LogP contribution >= 0.6 is 19.9 Å². The number of benzene rings is 2. The van der Waals surface area contributed by atoms with Gasteiger partial charge < -0.3 is 14.9 Å². The van der Waals surface area contributed by atoms with E-state index in [2.05, 4.69) is 44.5 Å². The zero-order chi connectivity index (χ0) is 42.9. The van der Waals surface area contributed by atoms with Gasteiger partial charge in [-0.15, -0.1) is 0 Å². The molecule has 3 heterocycles. The van der Waals surface area contributed by atoms with E-state index in [0.717, 1.165) is 6.07 Å². The number of aryl methyl sites for hydroxylation is 1. The van der Waals surface area contributed by atoms with Gasteiger partial charge in [-0.3, -0.25) is 19.4 Å². The van der Waals surface area contributed by atoms with Gasteiger partial charge in [-0.1, -0.05) is 51.8 Å². The summed E-state index contributed by atoms with van der Waals surface area (Å²) in [6, 6.07) is 9.11. The van der Waals surface area contributed by atoms with Crippen LogP contribution in [0.5, 0.6) is 0 Å². The standard InChI is InChI=1S/C24H21ClF2N5O3P.C11H12F4N2.C3H8.C2H6/c1-35-36(2)32-24(34)18-8-14(3-4-19(18)25)17-10-20-22(11-29-31-20)30-23(17)21(28-12-33)7-13-5-15(26)9-16(27)6-13;1-2-17-9-7(8(16-17)10(13)14)5-3-6(5)11(9,15)4-12;1-3-2;1-2/h3-6,8-12,21H,7H2,1-2H3,(H,28,33)(H,29,31)(H,32,34);5-6,10H,2-4H2,1H3;3H2,1-2H3;1-2H3. The van der Waals surface area contributed by atoms with Crippen LogP contribution in [0.15, 0.2) is 48.7 Å². The molecule has 7 rings (SSSR count). The molecule has 2 aromatic carbocycles. The third kappa shape index (κ3) is 10.0. The van der Waals surface area contributed by atoms with E-state index in [9.17, 15) is 35.9 Å². The van der Waals surface area contributed by atoms with Crippen LogP contribution in [0.1, 0.15) is 104 Å². The summed E-state index contributed by atoms with van der Waals surface area (Å²) in [5.74, 6) is -2.58. The smallest absolute Gasteiger partial charge is 0.282 e. The van der Waals surface area contributed by atoms with Gasteiger partial charge in [-0.2, -0.15) is 10.2 Å². The van der Waals surface area contributed by atoms with Gasteiger partial charge in [-0.25, -0.2) is 31.3 Å². The maximum Gasteiger partial charge on any atom is 0.282 e. The number of aromatic amines is 1. The number of hydrogen-bond donors (Lipinski definition) is 3. The summed E-state index contributed by atoms with van der Waals surface area (Å²) >= 11 is 6.32. The molecule has 0 bridgehead atoms. The Morgan fingerprint density at radius 3 is 2.38 bits per heavy atom. The molecular formula is C40H47ClF6N7O3P. The fraction of sp³-hybridized carbons (Fsp3) is 0.425. The normalized spacial score (nSPS) is 18.3. The molecule has 18 heteroatoms. The molecule has 2 aliphatic carbocycles. The van der Waals surface area contributed by atoms with Gasteiger partial charge in [0.15, 0.2) is 5.67 Å². The highest BCUT2D eigenvalue weighted by molar-refractivity contribution is 7.50.